The van der Waals surface area contributed by atoms with Gasteiger partial charge in [-0.15, -0.1) is 0 Å². The van der Waals surface area contributed by atoms with Crippen LogP contribution in [0.3, 0.4) is 0 Å². The van der Waals surface area contributed by atoms with Crippen LogP contribution >= 0.6 is 0 Å². The molecular weight excluding hydrogens is 276 g/mol. The van der Waals surface area contributed by atoms with Crippen LogP contribution < -0.4 is 0 Å². The van der Waals surface area contributed by atoms with Gasteiger partial charge in [0.05, 0.1) is 6.20 Å². The van der Waals surface area contributed by atoms with Crippen molar-refractivity contribution in [1.29, 1.82) is 0 Å². The van der Waals surface area contributed by atoms with Crippen LogP contribution in [0.2, 0.25) is 0 Å². The van der Waals surface area contributed by atoms with Crippen molar-refractivity contribution in [3.05, 3.63) is 29.2 Å². The fourth-order valence-electron chi connectivity index (χ4n) is 3.69. The Morgan fingerprint density at radius 3 is 2.55 bits per heavy atom. The van der Waals surface area contributed by atoms with Crippen molar-refractivity contribution < 1.29 is 4.79 Å². The highest BCUT2D eigenvalue weighted by Crippen LogP contribution is 2.22. The Bertz CT molecular complexity index is 700. The maximum absolute atomic E-state index is 12.6. The van der Waals surface area contributed by atoms with Gasteiger partial charge < -0.3 is 4.90 Å². The highest BCUT2D eigenvalue weighted by atomic mass is 16.2. The number of amides is 1. The van der Waals surface area contributed by atoms with Crippen molar-refractivity contribution in [3.63, 3.8) is 0 Å². The van der Waals surface area contributed by atoms with Crippen LogP contribution in [0.5, 0.6) is 0 Å². The molecule has 0 unspecified atom stereocenters. The second kappa shape index (κ2) is 5.71. The van der Waals surface area contributed by atoms with Crippen LogP contribution in [-0.2, 0) is 12.8 Å². The highest BCUT2D eigenvalue weighted by Gasteiger charge is 2.24. The number of carbonyl (C=O) groups is 1. The molecule has 0 aromatic carbocycles. The number of rotatable bonds is 1. The molecular formula is C17H22N4O. The standard InChI is InChI=1S/C17H22N4O/c22-17(20-9-5-6-10-20)14-12-19-21-15-8-4-2-1-3-7-13(15)11-18-16(14)21/h11-12H,1-10H2. The van der Waals surface area contributed by atoms with Crippen LogP contribution in [0.4, 0.5) is 0 Å². The lowest BCUT2D eigenvalue weighted by molar-refractivity contribution is 0.0794. The summed E-state index contributed by atoms with van der Waals surface area (Å²) in [5.41, 5.74) is 3.95. The molecule has 0 N–H and O–H groups in total. The molecule has 0 atom stereocenters. The number of likely N-dealkylation sites (tertiary alicyclic amines) is 1. The minimum Gasteiger partial charge on any atom is -0.338 e. The number of nitrogens with zero attached hydrogens (tertiary/aromatic N) is 4. The average molecular weight is 298 g/mol. The normalized spacial score (nSPS) is 19.0. The number of aromatic nitrogens is 3. The lowest BCUT2D eigenvalue weighted by atomic mass is 9.98. The quantitative estimate of drug-likeness (QED) is 0.813. The molecule has 22 heavy (non-hydrogen) atoms. The third kappa shape index (κ3) is 2.28. The Morgan fingerprint density at radius 2 is 1.73 bits per heavy atom. The third-order valence-electron chi connectivity index (χ3n) is 4.95. The fourth-order valence-corrected chi connectivity index (χ4v) is 3.69. The van der Waals surface area contributed by atoms with Gasteiger partial charge in [-0.3, -0.25) is 4.79 Å². The van der Waals surface area contributed by atoms with Crippen molar-refractivity contribution in [2.45, 2.75) is 51.4 Å². The molecule has 1 saturated heterocycles. The first-order chi connectivity index (χ1) is 10.8. The summed E-state index contributed by atoms with van der Waals surface area (Å²) >= 11 is 0. The predicted molar refractivity (Wildman–Crippen MR) is 84.0 cm³/mol. The number of fused-ring (bicyclic) bond motifs is 3. The second-order valence-electron chi connectivity index (χ2n) is 6.44. The molecule has 116 valence electrons. The first-order valence-electron chi connectivity index (χ1n) is 8.48. The van der Waals surface area contributed by atoms with E-state index < -0.39 is 0 Å². The van der Waals surface area contributed by atoms with Crippen LogP contribution in [-0.4, -0.2) is 38.5 Å². The summed E-state index contributed by atoms with van der Waals surface area (Å²) in [5.74, 6) is 0.0887. The van der Waals surface area contributed by atoms with Gasteiger partial charge >= 0.3 is 0 Å². The Hall–Kier alpha value is -1.91. The first kappa shape index (κ1) is 13.7. The monoisotopic (exact) mass is 298 g/mol. The van der Waals surface area contributed by atoms with E-state index in [0.29, 0.717) is 5.56 Å². The zero-order valence-electron chi connectivity index (χ0n) is 12.9. The summed E-state index contributed by atoms with van der Waals surface area (Å²) in [6.45, 7) is 1.72. The molecule has 3 heterocycles. The summed E-state index contributed by atoms with van der Waals surface area (Å²) in [5, 5.41) is 4.50. The molecule has 2 aromatic rings. The summed E-state index contributed by atoms with van der Waals surface area (Å²) in [6, 6.07) is 0. The van der Waals surface area contributed by atoms with Gasteiger partial charge in [0.1, 0.15) is 5.56 Å². The summed E-state index contributed by atoms with van der Waals surface area (Å²) in [4.78, 5) is 19.1. The van der Waals surface area contributed by atoms with Gasteiger partial charge in [0, 0.05) is 25.0 Å². The lowest BCUT2D eigenvalue weighted by Crippen LogP contribution is -2.27. The van der Waals surface area contributed by atoms with Crippen molar-refractivity contribution in [2.75, 3.05) is 13.1 Å². The summed E-state index contributed by atoms with van der Waals surface area (Å²) in [6.07, 6.45) is 13.0. The first-order valence-corrected chi connectivity index (χ1v) is 8.48. The SMILES string of the molecule is O=C(c1cnn2c3c(cnc12)CCCCCC3)N1CCCC1. The maximum atomic E-state index is 12.6. The highest BCUT2D eigenvalue weighted by molar-refractivity contribution is 5.99. The van der Waals surface area contributed by atoms with Gasteiger partial charge in [0.2, 0.25) is 0 Å². The zero-order chi connectivity index (χ0) is 14.9. The molecule has 0 saturated carbocycles. The van der Waals surface area contributed by atoms with Crippen LogP contribution in [0.25, 0.3) is 5.65 Å². The Labute approximate surface area is 130 Å². The molecule has 5 nitrogen and oxygen atoms in total. The van der Waals surface area contributed by atoms with Crippen LogP contribution in [0, 0.1) is 0 Å². The number of carbonyl (C=O) groups excluding carboxylic acids is 1. The number of hydrogen-bond donors (Lipinski definition) is 0. The molecule has 1 fully saturated rings. The van der Waals surface area contributed by atoms with E-state index in [1.807, 2.05) is 15.6 Å². The zero-order valence-corrected chi connectivity index (χ0v) is 12.9. The minimum atomic E-state index is 0.0887. The van der Waals surface area contributed by atoms with Crippen molar-refractivity contribution in [3.8, 4) is 0 Å². The largest absolute Gasteiger partial charge is 0.338 e. The smallest absolute Gasteiger partial charge is 0.259 e. The van der Waals surface area contributed by atoms with Gasteiger partial charge in [-0.25, -0.2) is 9.50 Å². The third-order valence-corrected chi connectivity index (χ3v) is 4.95. The van der Waals surface area contributed by atoms with Gasteiger partial charge in [-0.05, 0) is 44.1 Å². The predicted octanol–water partition coefficient (Wildman–Crippen LogP) is 2.62. The van der Waals surface area contributed by atoms with Crippen molar-refractivity contribution in [1.82, 2.24) is 19.5 Å². The topological polar surface area (TPSA) is 50.5 Å². The van der Waals surface area contributed by atoms with E-state index in [1.165, 1.54) is 36.9 Å². The second-order valence-corrected chi connectivity index (χ2v) is 6.44. The Morgan fingerprint density at radius 1 is 0.955 bits per heavy atom. The molecule has 1 amide bonds. The van der Waals surface area contributed by atoms with E-state index in [9.17, 15) is 4.79 Å². The molecule has 0 spiro atoms. The van der Waals surface area contributed by atoms with Crippen LogP contribution in [0.15, 0.2) is 12.4 Å². The van der Waals surface area contributed by atoms with Crippen molar-refractivity contribution >= 4 is 11.6 Å². The fraction of sp³-hybridized carbons (Fsp3) is 0.588. The van der Waals surface area contributed by atoms with E-state index in [-0.39, 0.29) is 5.91 Å². The van der Waals surface area contributed by atoms with E-state index in [0.717, 1.165) is 44.4 Å². The average Bonchev–Trinajstić information content (AvgIpc) is 3.16. The van der Waals surface area contributed by atoms with Gasteiger partial charge in [-0.2, -0.15) is 5.10 Å². The van der Waals surface area contributed by atoms with E-state index >= 15 is 0 Å². The van der Waals surface area contributed by atoms with E-state index in [4.69, 9.17) is 0 Å². The number of aryl methyl sites for hydroxylation is 2. The molecule has 5 heteroatoms. The molecule has 1 aliphatic heterocycles. The van der Waals surface area contributed by atoms with Gasteiger partial charge in [0.25, 0.3) is 5.91 Å². The molecule has 0 bridgehead atoms. The Kier molecular flexibility index (Phi) is 3.56. The van der Waals surface area contributed by atoms with Crippen molar-refractivity contribution in [2.24, 2.45) is 0 Å². The van der Waals surface area contributed by atoms with E-state index in [2.05, 4.69) is 10.1 Å². The summed E-state index contributed by atoms with van der Waals surface area (Å²) in [7, 11) is 0. The maximum Gasteiger partial charge on any atom is 0.259 e. The van der Waals surface area contributed by atoms with E-state index in [1.54, 1.807) is 6.20 Å². The molecule has 1 aliphatic carbocycles. The van der Waals surface area contributed by atoms with Gasteiger partial charge in [0.15, 0.2) is 5.65 Å². The Balaban J connectivity index is 1.76. The minimum absolute atomic E-state index is 0.0887. The molecule has 2 aromatic heterocycles. The van der Waals surface area contributed by atoms with Gasteiger partial charge in [-0.1, -0.05) is 12.8 Å². The molecule has 2 aliphatic rings. The lowest BCUT2D eigenvalue weighted by Gasteiger charge is -2.16. The molecule has 4 rings (SSSR count). The molecule has 0 radical (unpaired) electrons. The summed E-state index contributed by atoms with van der Waals surface area (Å²) < 4.78 is 1.92. The number of hydrogen-bond acceptors (Lipinski definition) is 3. The van der Waals surface area contributed by atoms with Crippen LogP contribution in [0.1, 0.15) is 60.1 Å².